The highest BCUT2D eigenvalue weighted by molar-refractivity contribution is 7.80. The van der Waals surface area contributed by atoms with Crippen molar-refractivity contribution in [3.8, 4) is 0 Å². The molecule has 0 saturated heterocycles. The van der Waals surface area contributed by atoms with Gasteiger partial charge in [0, 0.05) is 11.8 Å². The standard InChI is InChI=1S/C15H15NOS/c1-12(17)16(11-13-7-3-2-4-8-13)14-9-5-6-10-15(14)18/h2-10,18H,11H2,1H3. The van der Waals surface area contributed by atoms with Gasteiger partial charge in [0.1, 0.15) is 0 Å². The van der Waals surface area contributed by atoms with E-state index in [9.17, 15) is 4.79 Å². The van der Waals surface area contributed by atoms with Crippen molar-refractivity contribution in [2.45, 2.75) is 18.4 Å². The van der Waals surface area contributed by atoms with Crippen molar-refractivity contribution < 1.29 is 4.79 Å². The molecule has 2 aromatic carbocycles. The van der Waals surface area contributed by atoms with Gasteiger partial charge in [0.25, 0.3) is 0 Å². The molecule has 0 aliphatic heterocycles. The van der Waals surface area contributed by atoms with Gasteiger partial charge in [-0.25, -0.2) is 0 Å². The smallest absolute Gasteiger partial charge is 0.224 e. The zero-order chi connectivity index (χ0) is 13.0. The van der Waals surface area contributed by atoms with Gasteiger partial charge < -0.3 is 4.90 Å². The molecule has 0 unspecified atom stereocenters. The van der Waals surface area contributed by atoms with Crippen LogP contribution in [0.3, 0.4) is 0 Å². The van der Waals surface area contributed by atoms with Crippen LogP contribution >= 0.6 is 12.6 Å². The van der Waals surface area contributed by atoms with Crippen molar-refractivity contribution in [2.75, 3.05) is 4.90 Å². The fraction of sp³-hybridized carbons (Fsp3) is 0.133. The van der Waals surface area contributed by atoms with Crippen LogP contribution in [0, 0.1) is 0 Å². The number of benzene rings is 2. The predicted molar refractivity (Wildman–Crippen MR) is 77.0 cm³/mol. The van der Waals surface area contributed by atoms with Crippen molar-refractivity contribution in [1.29, 1.82) is 0 Å². The molecule has 0 aromatic heterocycles. The summed E-state index contributed by atoms with van der Waals surface area (Å²) in [5.41, 5.74) is 1.95. The van der Waals surface area contributed by atoms with Crippen molar-refractivity contribution in [2.24, 2.45) is 0 Å². The van der Waals surface area contributed by atoms with Gasteiger partial charge >= 0.3 is 0 Å². The first kappa shape index (κ1) is 12.7. The molecule has 0 N–H and O–H groups in total. The highest BCUT2D eigenvalue weighted by Gasteiger charge is 2.13. The van der Waals surface area contributed by atoms with Crippen LogP contribution in [0.2, 0.25) is 0 Å². The predicted octanol–water partition coefficient (Wildman–Crippen LogP) is 3.53. The van der Waals surface area contributed by atoms with Crippen LogP contribution in [0.1, 0.15) is 12.5 Å². The Morgan fingerprint density at radius 3 is 2.28 bits per heavy atom. The van der Waals surface area contributed by atoms with Gasteiger partial charge in [-0.3, -0.25) is 4.79 Å². The molecule has 3 heteroatoms. The second kappa shape index (κ2) is 5.74. The summed E-state index contributed by atoms with van der Waals surface area (Å²) in [6.45, 7) is 2.14. The summed E-state index contributed by atoms with van der Waals surface area (Å²) in [6.07, 6.45) is 0. The van der Waals surface area contributed by atoms with Crippen LogP contribution in [0.4, 0.5) is 5.69 Å². The molecule has 18 heavy (non-hydrogen) atoms. The summed E-state index contributed by atoms with van der Waals surface area (Å²) in [5, 5.41) is 0. The molecule has 0 aliphatic rings. The van der Waals surface area contributed by atoms with Gasteiger partial charge in [-0.05, 0) is 17.7 Å². The molecule has 0 radical (unpaired) electrons. The Bertz CT molecular complexity index is 539. The fourth-order valence-corrected chi connectivity index (χ4v) is 2.11. The Labute approximate surface area is 113 Å². The van der Waals surface area contributed by atoms with Crippen LogP contribution in [0.25, 0.3) is 0 Å². The Balaban J connectivity index is 2.30. The topological polar surface area (TPSA) is 20.3 Å². The molecule has 0 aliphatic carbocycles. The quantitative estimate of drug-likeness (QED) is 0.834. The zero-order valence-corrected chi connectivity index (χ0v) is 11.1. The van der Waals surface area contributed by atoms with Gasteiger partial charge in [-0.15, -0.1) is 12.6 Å². The van der Waals surface area contributed by atoms with Gasteiger partial charge in [-0.2, -0.15) is 0 Å². The van der Waals surface area contributed by atoms with Crippen LogP contribution < -0.4 is 4.90 Å². The van der Waals surface area contributed by atoms with Gasteiger partial charge in [0.15, 0.2) is 0 Å². The molecular formula is C15H15NOS. The SMILES string of the molecule is CC(=O)N(Cc1ccccc1)c1ccccc1S. The molecule has 0 bridgehead atoms. The molecule has 0 heterocycles. The number of nitrogens with zero attached hydrogens (tertiary/aromatic N) is 1. The van der Waals surface area contributed by atoms with Crippen molar-refractivity contribution in [1.82, 2.24) is 0 Å². The molecule has 2 aromatic rings. The average molecular weight is 257 g/mol. The Morgan fingerprint density at radius 1 is 1.06 bits per heavy atom. The monoisotopic (exact) mass is 257 g/mol. The number of hydrogen-bond donors (Lipinski definition) is 1. The number of carbonyl (C=O) groups is 1. The highest BCUT2D eigenvalue weighted by Crippen LogP contribution is 2.25. The van der Waals surface area contributed by atoms with E-state index in [0.29, 0.717) is 6.54 Å². The third kappa shape index (κ3) is 2.93. The zero-order valence-electron chi connectivity index (χ0n) is 10.2. The van der Waals surface area contributed by atoms with E-state index in [1.807, 2.05) is 54.6 Å². The van der Waals surface area contributed by atoms with E-state index < -0.39 is 0 Å². The minimum Gasteiger partial charge on any atom is -0.307 e. The summed E-state index contributed by atoms with van der Waals surface area (Å²) in [4.78, 5) is 14.3. The van der Waals surface area contributed by atoms with E-state index in [2.05, 4.69) is 12.6 Å². The first-order valence-corrected chi connectivity index (χ1v) is 6.23. The van der Waals surface area contributed by atoms with E-state index in [1.165, 1.54) is 0 Å². The highest BCUT2D eigenvalue weighted by atomic mass is 32.1. The van der Waals surface area contributed by atoms with Crippen LogP contribution in [-0.4, -0.2) is 5.91 Å². The summed E-state index contributed by atoms with van der Waals surface area (Å²) in [6, 6.07) is 17.6. The number of anilines is 1. The van der Waals surface area contributed by atoms with Gasteiger partial charge in [-0.1, -0.05) is 42.5 Å². The maximum absolute atomic E-state index is 11.8. The van der Waals surface area contributed by atoms with E-state index >= 15 is 0 Å². The third-order valence-corrected chi connectivity index (χ3v) is 3.11. The lowest BCUT2D eigenvalue weighted by atomic mass is 10.2. The lowest BCUT2D eigenvalue weighted by Gasteiger charge is -2.22. The maximum Gasteiger partial charge on any atom is 0.224 e. The first-order valence-electron chi connectivity index (χ1n) is 5.78. The first-order chi connectivity index (χ1) is 8.68. The fourth-order valence-electron chi connectivity index (χ4n) is 1.82. The van der Waals surface area contributed by atoms with E-state index in [1.54, 1.807) is 11.8 Å². The molecular weight excluding hydrogens is 242 g/mol. The van der Waals surface area contributed by atoms with Crippen molar-refractivity contribution >= 4 is 24.2 Å². The summed E-state index contributed by atoms with van der Waals surface area (Å²) >= 11 is 4.40. The average Bonchev–Trinajstić information content (AvgIpc) is 2.38. The number of thiol groups is 1. The summed E-state index contributed by atoms with van der Waals surface area (Å²) in [5.74, 6) is 0.0142. The maximum atomic E-state index is 11.8. The van der Waals surface area contributed by atoms with Gasteiger partial charge in [0.05, 0.1) is 12.2 Å². The largest absolute Gasteiger partial charge is 0.307 e. The number of para-hydroxylation sites is 1. The summed E-state index contributed by atoms with van der Waals surface area (Å²) in [7, 11) is 0. The Hall–Kier alpha value is -1.74. The van der Waals surface area contributed by atoms with Crippen LogP contribution in [0.5, 0.6) is 0 Å². The Morgan fingerprint density at radius 2 is 1.67 bits per heavy atom. The van der Waals surface area contributed by atoms with E-state index in [-0.39, 0.29) is 5.91 Å². The molecule has 92 valence electrons. The molecule has 0 saturated carbocycles. The second-order valence-electron chi connectivity index (χ2n) is 4.08. The van der Waals surface area contributed by atoms with Crippen LogP contribution in [-0.2, 0) is 11.3 Å². The number of carbonyl (C=O) groups excluding carboxylic acids is 1. The molecule has 0 spiro atoms. The second-order valence-corrected chi connectivity index (χ2v) is 4.56. The van der Waals surface area contributed by atoms with Crippen molar-refractivity contribution in [3.05, 3.63) is 60.2 Å². The molecule has 2 nitrogen and oxygen atoms in total. The van der Waals surface area contributed by atoms with E-state index in [4.69, 9.17) is 0 Å². The summed E-state index contributed by atoms with van der Waals surface area (Å²) < 4.78 is 0. The third-order valence-electron chi connectivity index (χ3n) is 2.74. The molecule has 0 fully saturated rings. The van der Waals surface area contributed by atoms with Gasteiger partial charge in [0.2, 0.25) is 5.91 Å². The minimum atomic E-state index is 0.0142. The molecule has 2 rings (SSSR count). The van der Waals surface area contributed by atoms with E-state index in [0.717, 1.165) is 16.1 Å². The van der Waals surface area contributed by atoms with Crippen LogP contribution in [0.15, 0.2) is 59.5 Å². The minimum absolute atomic E-state index is 0.0142. The lowest BCUT2D eigenvalue weighted by molar-refractivity contribution is -0.116. The normalized spacial score (nSPS) is 10.1. The molecule has 0 atom stereocenters. The Kier molecular flexibility index (Phi) is 4.05. The van der Waals surface area contributed by atoms with Crippen molar-refractivity contribution in [3.63, 3.8) is 0 Å². The number of rotatable bonds is 3. The molecule has 1 amide bonds. The lowest BCUT2D eigenvalue weighted by Crippen LogP contribution is -2.28. The number of hydrogen-bond acceptors (Lipinski definition) is 2. The number of amides is 1.